The second-order valence-electron chi connectivity index (χ2n) is 3.75. The number of hydrogen-bond donors (Lipinski definition) is 1. The fourth-order valence-corrected chi connectivity index (χ4v) is 1.41. The zero-order chi connectivity index (χ0) is 12.3. The lowest BCUT2D eigenvalue weighted by Gasteiger charge is -2.07. The third-order valence-electron chi connectivity index (χ3n) is 2.27. The predicted molar refractivity (Wildman–Crippen MR) is 60.4 cm³/mol. The van der Waals surface area contributed by atoms with Gasteiger partial charge in [0.2, 0.25) is 5.89 Å². The highest BCUT2D eigenvalue weighted by Gasteiger charge is 2.05. The molecule has 2 aromatic rings. The zero-order valence-corrected chi connectivity index (χ0v) is 9.75. The second-order valence-corrected chi connectivity index (χ2v) is 3.75. The van der Waals surface area contributed by atoms with Crippen LogP contribution in [0.3, 0.4) is 0 Å². The van der Waals surface area contributed by atoms with Gasteiger partial charge in [0.25, 0.3) is 5.89 Å². The van der Waals surface area contributed by atoms with E-state index in [2.05, 4.69) is 10.2 Å². The minimum absolute atomic E-state index is 0.226. The largest absolute Gasteiger partial charge is 0.484 e. The first-order chi connectivity index (χ1) is 8.15. The fourth-order valence-electron chi connectivity index (χ4n) is 1.41. The molecular weight excluding hydrogens is 220 g/mol. The van der Waals surface area contributed by atoms with Gasteiger partial charge in [0, 0.05) is 6.92 Å². The first-order valence-corrected chi connectivity index (χ1v) is 5.35. The number of aryl methyl sites for hydroxylation is 1. The van der Waals surface area contributed by atoms with E-state index in [1.54, 1.807) is 19.9 Å². The molecule has 1 N–H and O–H groups in total. The van der Waals surface area contributed by atoms with Crippen molar-refractivity contribution in [3.05, 3.63) is 41.6 Å². The maximum atomic E-state index is 9.44. The van der Waals surface area contributed by atoms with Crippen molar-refractivity contribution in [2.75, 3.05) is 0 Å². The van der Waals surface area contributed by atoms with Gasteiger partial charge >= 0.3 is 0 Å². The molecule has 0 aliphatic rings. The number of ether oxygens (including phenoxy) is 1. The highest BCUT2D eigenvalue weighted by Crippen LogP contribution is 2.19. The molecule has 0 bridgehead atoms. The van der Waals surface area contributed by atoms with Gasteiger partial charge in [-0.15, -0.1) is 10.2 Å². The van der Waals surface area contributed by atoms with Crippen molar-refractivity contribution in [3.63, 3.8) is 0 Å². The summed E-state index contributed by atoms with van der Waals surface area (Å²) in [4.78, 5) is 0. The van der Waals surface area contributed by atoms with Crippen LogP contribution in [-0.4, -0.2) is 15.3 Å². The van der Waals surface area contributed by atoms with Crippen LogP contribution in [0.15, 0.2) is 28.7 Å². The molecule has 1 atom stereocenters. The van der Waals surface area contributed by atoms with Gasteiger partial charge in [-0.1, -0.05) is 12.1 Å². The molecule has 0 saturated heterocycles. The monoisotopic (exact) mass is 234 g/mol. The molecule has 0 aliphatic carbocycles. The second kappa shape index (κ2) is 4.97. The van der Waals surface area contributed by atoms with Crippen molar-refractivity contribution >= 4 is 0 Å². The number of nitrogens with zero attached hydrogens (tertiary/aromatic N) is 2. The minimum Gasteiger partial charge on any atom is -0.484 e. The molecule has 0 radical (unpaired) electrons. The third-order valence-corrected chi connectivity index (χ3v) is 2.27. The van der Waals surface area contributed by atoms with Crippen LogP contribution in [-0.2, 0) is 6.61 Å². The highest BCUT2D eigenvalue weighted by atomic mass is 16.5. The van der Waals surface area contributed by atoms with E-state index in [-0.39, 0.29) is 6.61 Å². The van der Waals surface area contributed by atoms with E-state index in [1.807, 2.05) is 18.2 Å². The van der Waals surface area contributed by atoms with Crippen LogP contribution in [0.25, 0.3) is 0 Å². The molecule has 0 amide bonds. The van der Waals surface area contributed by atoms with Crippen molar-refractivity contribution in [2.45, 2.75) is 26.6 Å². The fraction of sp³-hybridized carbons (Fsp3) is 0.333. The number of rotatable bonds is 4. The average molecular weight is 234 g/mol. The summed E-state index contributed by atoms with van der Waals surface area (Å²) in [6.45, 7) is 3.66. The summed E-state index contributed by atoms with van der Waals surface area (Å²) < 4.78 is 10.7. The van der Waals surface area contributed by atoms with Crippen LogP contribution in [0.5, 0.6) is 5.75 Å². The maximum Gasteiger partial charge on any atom is 0.253 e. The summed E-state index contributed by atoms with van der Waals surface area (Å²) in [7, 11) is 0. The molecule has 0 spiro atoms. The molecule has 0 unspecified atom stereocenters. The van der Waals surface area contributed by atoms with Crippen LogP contribution in [0.1, 0.15) is 30.4 Å². The Labute approximate surface area is 99.1 Å². The van der Waals surface area contributed by atoms with Crippen molar-refractivity contribution < 1.29 is 14.3 Å². The van der Waals surface area contributed by atoms with Gasteiger partial charge in [0.1, 0.15) is 5.75 Å². The minimum atomic E-state index is -0.510. The molecule has 5 heteroatoms. The lowest BCUT2D eigenvalue weighted by Crippen LogP contribution is -1.97. The van der Waals surface area contributed by atoms with Gasteiger partial charge in [-0.25, -0.2) is 0 Å². The van der Waals surface area contributed by atoms with Crippen LogP contribution < -0.4 is 4.74 Å². The molecule has 0 aliphatic heterocycles. The van der Waals surface area contributed by atoms with Gasteiger partial charge in [-0.05, 0) is 24.6 Å². The Balaban J connectivity index is 2.01. The standard InChI is InChI=1S/C12H14N2O3/c1-8(15)10-4-3-5-11(6-10)16-7-12-14-13-9(2)17-12/h3-6,8,15H,7H2,1-2H3/t8-/m0/s1. The predicted octanol–water partition coefficient (Wildman–Crippen LogP) is 2.01. The van der Waals surface area contributed by atoms with E-state index in [9.17, 15) is 5.11 Å². The summed E-state index contributed by atoms with van der Waals surface area (Å²) in [5.74, 6) is 1.62. The zero-order valence-electron chi connectivity index (χ0n) is 9.75. The van der Waals surface area contributed by atoms with Crippen LogP contribution in [0, 0.1) is 6.92 Å². The first kappa shape index (κ1) is 11.6. The van der Waals surface area contributed by atoms with Crippen molar-refractivity contribution in [1.82, 2.24) is 10.2 Å². The summed E-state index contributed by atoms with van der Waals surface area (Å²) >= 11 is 0. The van der Waals surface area contributed by atoms with Crippen LogP contribution in [0.4, 0.5) is 0 Å². The molecule has 1 heterocycles. The molecule has 1 aromatic carbocycles. The average Bonchev–Trinajstić information content (AvgIpc) is 2.73. The third kappa shape index (κ3) is 3.04. The normalized spacial score (nSPS) is 12.4. The van der Waals surface area contributed by atoms with E-state index < -0.39 is 6.10 Å². The van der Waals surface area contributed by atoms with Crippen LogP contribution in [0.2, 0.25) is 0 Å². The number of aliphatic hydroxyl groups is 1. The Bertz CT molecular complexity index is 494. The Morgan fingerprint density at radius 3 is 2.88 bits per heavy atom. The van der Waals surface area contributed by atoms with Gasteiger partial charge < -0.3 is 14.3 Å². The van der Waals surface area contributed by atoms with E-state index in [4.69, 9.17) is 9.15 Å². The van der Waals surface area contributed by atoms with E-state index in [0.717, 1.165) is 5.56 Å². The molecular formula is C12H14N2O3. The lowest BCUT2D eigenvalue weighted by molar-refractivity contribution is 0.198. The van der Waals surface area contributed by atoms with Gasteiger partial charge in [-0.2, -0.15) is 0 Å². The molecule has 0 saturated carbocycles. The van der Waals surface area contributed by atoms with Crippen molar-refractivity contribution in [2.24, 2.45) is 0 Å². The van der Waals surface area contributed by atoms with E-state index in [1.165, 1.54) is 0 Å². The van der Waals surface area contributed by atoms with Crippen molar-refractivity contribution in [3.8, 4) is 5.75 Å². The van der Waals surface area contributed by atoms with Crippen LogP contribution >= 0.6 is 0 Å². The SMILES string of the molecule is Cc1nnc(COc2cccc([C@H](C)O)c2)o1. The summed E-state index contributed by atoms with van der Waals surface area (Å²) in [5, 5.41) is 17.0. The first-order valence-electron chi connectivity index (χ1n) is 5.35. The van der Waals surface area contributed by atoms with Gasteiger partial charge in [0.05, 0.1) is 6.10 Å². The number of aromatic nitrogens is 2. The molecule has 5 nitrogen and oxygen atoms in total. The maximum absolute atomic E-state index is 9.44. The number of aliphatic hydroxyl groups excluding tert-OH is 1. The molecule has 2 rings (SSSR count). The Morgan fingerprint density at radius 1 is 1.41 bits per heavy atom. The van der Waals surface area contributed by atoms with Crippen molar-refractivity contribution in [1.29, 1.82) is 0 Å². The molecule has 0 fully saturated rings. The van der Waals surface area contributed by atoms with E-state index >= 15 is 0 Å². The smallest absolute Gasteiger partial charge is 0.253 e. The molecule has 90 valence electrons. The van der Waals surface area contributed by atoms with E-state index in [0.29, 0.717) is 17.5 Å². The Morgan fingerprint density at radius 2 is 2.24 bits per heavy atom. The number of hydrogen-bond acceptors (Lipinski definition) is 5. The quantitative estimate of drug-likeness (QED) is 0.876. The summed E-state index contributed by atoms with van der Waals surface area (Å²) in [6, 6.07) is 7.27. The van der Waals surface area contributed by atoms with Gasteiger partial charge in [-0.3, -0.25) is 0 Å². The Hall–Kier alpha value is -1.88. The molecule has 1 aromatic heterocycles. The highest BCUT2D eigenvalue weighted by molar-refractivity contribution is 5.29. The number of benzene rings is 1. The molecule has 17 heavy (non-hydrogen) atoms. The topological polar surface area (TPSA) is 68.4 Å². The Kier molecular flexibility index (Phi) is 3.39. The summed E-state index contributed by atoms with van der Waals surface area (Å²) in [6.07, 6.45) is -0.510. The lowest BCUT2D eigenvalue weighted by atomic mass is 10.1. The summed E-state index contributed by atoms with van der Waals surface area (Å²) in [5.41, 5.74) is 0.809. The van der Waals surface area contributed by atoms with Gasteiger partial charge in [0.15, 0.2) is 6.61 Å².